The first-order valence-corrected chi connectivity index (χ1v) is 7.95. The SMILES string of the molecule is Cc1ccc(Br)cc1C(=O)NC(C)c1ccc(Cl)c(Cl)c1. The van der Waals surface area contributed by atoms with Gasteiger partial charge in [0, 0.05) is 10.0 Å². The number of amides is 1. The zero-order valence-corrected chi connectivity index (χ0v) is 14.7. The number of rotatable bonds is 3. The molecule has 0 saturated heterocycles. The van der Waals surface area contributed by atoms with E-state index >= 15 is 0 Å². The monoisotopic (exact) mass is 385 g/mol. The maximum absolute atomic E-state index is 12.4. The van der Waals surface area contributed by atoms with Gasteiger partial charge in [0.1, 0.15) is 0 Å². The smallest absolute Gasteiger partial charge is 0.252 e. The molecule has 1 atom stereocenters. The zero-order chi connectivity index (χ0) is 15.6. The first-order chi connectivity index (χ1) is 9.88. The molecule has 0 saturated carbocycles. The van der Waals surface area contributed by atoms with Crippen molar-refractivity contribution in [1.82, 2.24) is 5.32 Å². The quantitative estimate of drug-likeness (QED) is 0.735. The summed E-state index contributed by atoms with van der Waals surface area (Å²) < 4.78 is 0.875. The van der Waals surface area contributed by atoms with Gasteiger partial charge in [0.2, 0.25) is 0 Å². The van der Waals surface area contributed by atoms with Crippen molar-refractivity contribution in [2.45, 2.75) is 19.9 Å². The largest absolute Gasteiger partial charge is 0.346 e. The zero-order valence-electron chi connectivity index (χ0n) is 11.6. The van der Waals surface area contributed by atoms with Crippen LogP contribution in [0, 0.1) is 6.92 Å². The van der Waals surface area contributed by atoms with Crippen molar-refractivity contribution in [2.24, 2.45) is 0 Å². The molecule has 0 fully saturated rings. The minimum Gasteiger partial charge on any atom is -0.346 e. The summed E-state index contributed by atoms with van der Waals surface area (Å²) in [5.41, 5.74) is 2.48. The lowest BCUT2D eigenvalue weighted by atomic mass is 10.1. The Bertz CT molecular complexity index is 688. The highest BCUT2D eigenvalue weighted by Crippen LogP contribution is 2.26. The van der Waals surface area contributed by atoms with Crippen molar-refractivity contribution in [1.29, 1.82) is 0 Å². The average Bonchev–Trinajstić information content (AvgIpc) is 2.44. The lowest BCUT2D eigenvalue weighted by molar-refractivity contribution is 0.0939. The molecule has 0 spiro atoms. The van der Waals surface area contributed by atoms with Crippen LogP contribution in [-0.2, 0) is 0 Å². The summed E-state index contributed by atoms with van der Waals surface area (Å²) in [4.78, 5) is 12.4. The number of hydrogen-bond donors (Lipinski definition) is 1. The first-order valence-electron chi connectivity index (χ1n) is 6.40. The molecular formula is C16H14BrCl2NO. The molecule has 0 aliphatic rings. The van der Waals surface area contributed by atoms with Crippen molar-refractivity contribution in [2.75, 3.05) is 0 Å². The van der Waals surface area contributed by atoms with E-state index in [1.54, 1.807) is 12.1 Å². The lowest BCUT2D eigenvalue weighted by Crippen LogP contribution is -2.27. The van der Waals surface area contributed by atoms with Crippen molar-refractivity contribution in [3.8, 4) is 0 Å². The fraction of sp³-hybridized carbons (Fsp3) is 0.188. The average molecular weight is 387 g/mol. The van der Waals surface area contributed by atoms with Crippen LogP contribution in [0.5, 0.6) is 0 Å². The molecule has 2 nitrogen and oxygen atoms in total. The third-order valence-electron chi connectivity index (χ3n) is 3.24. The van der Waals surface area contributed by atoms with Crippen LogP contribution in [0.15, 0.2) is 40.9 Å². The van der Waals surface area contributed by atoms with E-state index in [9.17, 15) is 4.79 Å². The predicted octanol–water partition coefficient (Wildman–Crippen LogP) is 5.56. The topological polar surface area (TPSA) is 29.1 Å². The van der Waals surface area contributed by atoms with Crippen molar-refractivity contribution in [3.05, 3.63) is 67.6 Å². The summed E-state index contributed by atoms with van der Waals surface area (Å²) in [6.07, 6.45) is 0. The van der Waals surface area contributed by atoms with Gasteiger partial charge in [0.15, 0.2) is 0 Å². The maximum Gasteiger partial charge on any atom is 0.252 e. The van der Waals surface area contributed by atoms with Gasteiger partial charge in [-0.1, -0.05) is 51.3 Å². The molecule has 110 valence electrons. The van der Waals surface area contributed by atoms with Crippen molar-refractivity contribution < 1.29 is 4.79 Å². The van der Waals surface area contributed by atoms with Gasteiger partial charge in [-0.2, -0.15) is 0 Å². The predicted molar refractivity (Wildman–Crippen MR) is 91.2 cm³/mol. The third kappa shape index (κ3) is 4.00. The van der Waals surface area contributed by atoms with Gasteiger partial charge in [-0.25, -0.2) is 0 Å². The summed E-state index contributed by atoms with van der Waals surface area (Å²) in [5.74, 6) is -0.118. The van der Waals surface area contributed by atoms with E-state index in [0.29, 0.717) is 15.6 Å². The number of carbonyl (C=O) groups excluding carboxylic acids is 1. The van der Waals surface area contributed by atoms with Gasteiger partial charge in [0.25, 0.3) is 5.91 Å². The van der Waals surface area contributed by atoms with Crippen LogP contribution in [-0.4, -0.2) is 5.91 Å². The molecule has 1 N–H and O–H groups in total. The van der Waals surface area contributed by atoms with Crippen LogP contribution < -0.4 is 5.32 Å². The van der Waals surface area contributed by atoms with E-state index in [0.717, 1.165) is 15.6 Å². The van der Waals surface area contributed by atoms with Gasteiger partial charge in [-0.15, -0.1) is 0 Å². The lowest BCUT2D eigenvalue weighted by Gasteiger charge is -2.16. The molecule has 5 heteroatoms. The molecule has 2 aromatic rings. The molecule has 0 aromatic heterocycles. The Labute approximate surface area is 142 Å². The second-order valence-electron chi connectivity index (χ2n) is 4.83. The minimum atomic E-state index is -0.161. The molecule has 21 heavy (non-hydrogen) atoms. The molecule has 1 unspecified atom stereocenters. The van der Waals surface area contributed by atoms with Crippen LogP contribution in [0.2, 0.25) is 10.0 Å². The van der Waals surface area contributed by atoms with E-state index < -0.39 is 0 Å². The van der Waals surface area contributed by atoms with E-state index in [4.69, 9.17) is 23.2 Å². The first kappa shape index (κ1) is 16.3. The van der Waals surface area contributed by atoms with Crippen LogP contribution in [0.25, 0.3) is 0 Å². The Morgan fingerprint density at radius 3 is 2.52 bits per heavy atom. The van der Waals surface area contributed by atoms with Crippen LogP contribution in [0.3, 0.4) is 0 Å². The molecule has 2 aromatic carbocycles. The summed E-state index contributed by atoms with van der Waals surface area (Å²) in [7, 11) is 0. The van der Waals surface area contributed by atoms with Crippen LogP contribution in [0.4, 0.5) is 0 Å². The fourth-order valence-corrected chi connectivity index (χ4v) is 2.65. The summed E-state index contributed by atoms with van der Waals surface area (Å²) >= 11 is 15.3. The number of nitrogens with one attached hydrogen (secondary N) is 1. The van der Waals surface area contributed by atoms with Crippen molar-refractivity contribution >= 4 is 45.0 Å². The Hall–Kier alpha value is -1.03. The van der Waals surface area contributed by atoms with E-state index in [-0.39, 0.29) is 11.9 Å². The van der Waals surface area contributed by atoms with Gasteiger partial charge in [-0.3, -0.25) is 4.79 Å². The van der Waals surface area contributed by atoms with Crippen molar-refractivity contribution in [3.63, 3.8) is 0 Å². The molecule has 0 radical (unpaired) electrons. The standard InChI is InChI=1S/C16H14BrCl2NO/c1-9-3-5-12(17)8-13(9)16(21)20-10(2)11-4-6-14(18)15(19)7-11/h3-8,10H,1-2H3,(H,20,21). The molecule has 1 amide bonds. The highest BCUT2D eigenvalue weighted by atomic mass is 79.9. The molecule has 2 rings (SSSR count). The Kier molecular flexibility index (Phi) is 5.31. The Morgan fingerprint density at radius 2 is 1.86 bits per heavy atom. The van der Waals surface area contributed by atoms with Crippen LogP contribution >= 0.6 is 39.1 Å². The van der Waals surface area contributed by atoms with E-state index in [1.165, 1.54) is 0 Å². The highest BCUT2D eigenvalue weighted by molar-refractivity contribution is 9.10. The summed E-state index contributed by atoms with van der Waals surface area (Å²) in [6.45, 7) is 3.82. The highest BCUT2D eigenvalue weighted by Gasteiger charge is 2.14. The van der Waals surface area contributed by atoms with E-state index in [2.05, 4.69) is 21.2 Å². The van der Waals surface area contributed by atoms with Gasteiger partial charge >= 0.3 is 0 Å². The van der Waals surface area contributed by atoms with Gasteiger partial charge < -0.3 is 5.32 Å². The number of halogens is 3. The van der Waals surface area contributed by atoms with Gasteiger partial charge in [0.05, 0.1) is 16.1 Å². The maximum atomic E-state index is 12.4. The second-order valence-corrected chi connectivity index (χ2v) is 6.56. The molecule has 0 aliphatic heterocycles. The van der Waals surface area contributed by atoms with Gasteiger partial charge in [-0.05, 0) is 49.2 Å². The normalized spacial score (nSPS) is 12.0. The van der Waals surface area contributed by atoms with E-state index in [1.807, 2.05) is 38.1 Å². The Morgan fingerprint density at radius 1 is 1.14 bits per heavy atom. The number of benzene rings is 2. The number of hydrogen-bond acceptors (Lipinski definition) is 1. The number of aryl methyl sites for hydroxylation is 1. The third-order valence-corrected chi connectivity index (χ3v) is 4.47. The Balaban J connectivity index is 2.18. The summed E-state index contributed by atoms with van der Waals surface area (Å²) in [5, 5.41) is 3.95. The van der Waals surface area contributed by atoms with Crippen LogP contribution in [0.1, 0.15) is 34.5 Å². The fourth-order valence-electron chi connectivity index (χ4n) is 1.98. The molecule has 0 aliphatic carbocycles. The second kappa shape index (κ2) is 6.82. The summed E-state index contributed by atoms with van der Waals surface area (Å²) in [6, 6.07) is 10.8. The number of carbonyl (C=O) groups is 1. The molecule has 0 heterocycles. The minimum absolute atomic E-state index is 0.118. The molecule has 0 bridgehead atoms. The molecular weight excluding hydrogens is 373 g/mol.